The van der Waals surface area contributed by atoms with Crippen molar-refractivity contribution in [3.63, 3.8) is 0 Å². The summed E-state index contributed by atoms with van der Waals surface area (Å²) in [5.41, 5.74) is 7.64. The molecule has 13 heavy (non-hydrogen) atoms. The summed E-state index contributed by atoms with van der Waals surface area (Å²) in [6.07, 6.45) is 0.997. The van der Waals surface area contributed by atoms with Crippen molar-refractivity contribution in [2.75, 3.05) is 20.1 Å². The number of hydrogen-bond acceptors (Lipinski definition) is 3. The lowest BCUT2D eigenvalue weighted by Gasteiger charge is -2.20. The van der Waals surface area contributed by atoms with Crippen LogP contribution < -0.4 is 17.0 Å². The third-order valence-electron chi connectivity index (χ3n) is 1.98. The minimum absolute atomic E-state index is 0.298. The van der Waals surface area contributed by atoms with Gasteiger partial charge in [-0.05, 0) is 33.9 Å². The van der Waals surface area contributed by atoms with Crippen LogP contribution in [0.15, 0.2) is 4.99 Å². The van der Waals surface area contributed by atoms with Crippen LogP contribution in [0.3, 0.4) is 0 Å². The second kappa shape index (κ2) is 6.68. The van der Waals surface area contributed by atoms with Crippen LogP contribution in [0.25, 0.3) is 0 Å². The summed E-state index contributed by atoms with van der Waals surface area (Å²) in [6, 6.07) is 0.578. The molecule has 0 amide bonds. The molecule has 0 aliphatic rings. The fourth-order valence-corrected chi connectivity index (χ4v) is 0.823. The second-order valence-electron chi connectivity index (χ2n) is 3.34. The van der Waals surface area contributed by atoms with Crippen molar-refractivity contribution < 1.29 is 0 Å². The highest BCUT2D eigenvalue weighted by Crippen LogP contribution is 1.94. The molecule has 0 aliphatic heterocycles. The van der Waals surface area contributed by atoms with Gasteiger partial charge in [-0.1, -0.05) is 0 Å². The molecule has 78 valence electrons. The Kier molecular flexibility index (Phi) is 6.26. The average molecular weight is 187 g/mol. The summed E-state index contributed by atoms with van der Waals surface area (Å²) in [6.45, 7) is 6.07. The fourth-order valence-electron chi connectivity index (χ4n) is 0.823. The van der Waals surface area contributed by atoms with Gasteiger partial charge in [-0.2, -0.15) is 0 Å². The topological polar surface area (TPSA) is 79.7 Å². The van der Waals surface area contributed by atoms with Gasteiger partial charge in [0.25, 0.3) is 0 Å². The first-order valence-electron chi connectivity index (χ1n) is 4.54. The Labute approximate surface area is 80.1 Å². The largest absolute Gasteiger partial charge is 0.369 e. The van der Waals surface area contributed by atoms with Crippen molar-refractivity contribution in [3.05, 3.63) is 0 Å². The SMILES string of the molecule is CC(C)N(C)CCCN=C(N)NN. The lowest BCUT2D eigenvalue weighted by molar-refractivity contribution is 0.272. The number of nitrogens with two attached hydrogens (primary N) is 2. The van der Waals surface area contributed by atoms with E-state index in [2.05, 4.69) is 36.2 Å². The number of hydrazine groups is 1. The molecule has 0 fully saturated rings. The van der Waals surface area contributed by atoms with Gasteiger partial charge in [-0.25, -0.2) is 5.84 Å². The number of aliphatic imine (C=N–C) groups is 1. The molecule has 0 rings (SSSR count). The summed E-state index contributed by atoms with van der Waals surface area (Å²) in [5.74, 6) is 5.34. The van der Waals surface area contributed by atoms with E-state index in [1.165, 1.54) is 0 Å². The Morgan fingerprint density at radius 1 is 1.54 bits per heavy atom. The van der Waals surface area contributed by atoms with Crippen LogP contribution in [0.5, 0.6) is 0 Å². The standard InChI is InChI=1S/C8H21N5/c1-7(2)13(3)6-4-5-11-8(9)12-10/h7H,4-6,10H2,1-3H3,(H3,9,11,12). The van der Waals surface area contributed by atoms with E-state index in [0.717, 1.165) is 13.0 Å². The molecule has 0 saturated carbocycles. The molecule has 0 spiro atoms. The van der Waals surface area contributed by atoms with Gasteiger partial charge in [-0.3, -0.25) is 10.4 Å². The predicted octanol–water partition coefficient (Wildman–Crippen LogP) is -0.505. The lowest BCUT2D eigenvalue weighted by Crippen LogP contribution is -2.37. The molecule has 0 saturated heterocycles. The first-order chi connectivity index (χ1) is 6.07. The van der Waals surface area contributed by atoms with Crippen LogP contribution in [0.1, 0.15) is 20.3 Å². The first kappa shape index (κ1) is 12.2. The normalized spacial score (nSPS) is 12.6. The zero-order chi connectivity index (χ0) is 10.3. The van der Waals surface area contributed by atoms with Gasteiger partial charge in [0.2, 0.25) is 5.96 Å². The van der Waals surface area contributed by atoms with Crippen molar-refractivity contribution in [2.45, 2.75) is 26.3 Å². The monoisotopic (exact) mass is 187 g/mol. The molecule has 0 radical (unpaired) electrons. The van der Waals surface area contributed by atoms with Gasteiger partial charge >= 0.3 is 0 Å². The first-order valence-corrected chi connectivity index (χ1v) is 4.54. The number of nitrogens with zero attached hydrogens (tertiary/aromatic N) is 2. The quantitative estimate of drug-likeness (QED) is 0.178. The van der Waals surface area contributed by atoms with Crippen molar-refractivity contribution in [1.82, 2.24) is 10.3 Å². The third-order valence-corrected chi connectivity index (χ3v) is 1.98. The van der Waals surface area contributed by atoms with Crippen molar-refractivity contribution >= 4 is 5.96 Å². The molecule has 0 aromatic heterocycles. The number of rotatable bonds is 5. The van der Waals surface area contributed by atoms with E-state index in [4.69, 9.17) is 11.6 Å². The van der Waals surface area contributed by atoms with Gasteiger partial charge in [0.15, 0.2) is 0 Å². The van der Waals surface area contributed by atoms with E-state index in [-0.39, 0.29) is 0 Å². The molecular weight excluding hydrogens is 166 g/mol. The van der Waals surface area contributed by atoms with E-state index in [9.17, 15) is 0 Å². The van der Waals surface area contributed by atoms with E-state index in [0.29, 0.717) is 18.5 Å². The van der Waals surface area contributed by atoms with Gasteiger partial charge in [0.1, 0.15) is 0 Å². The lowest BCUT2D eigenvalue weighted by atomic mass is 10.3. The van der Waals surface area contributed by atoms with Crippen LogP contribution in [0.4, 0.5) is 0 Å². The van der Waals surface area contributed by atoms with Gasteiger partial charge in [0.05, 0.1) is 0 Å². The van der Waals surface area contributed by atoms with Crippen LogP contribution in [0.2, 0.25) is 0 Å². The second-order valence-corrected chi connectivity index (χ2v) is 3.34. The Morgan fingerprint density at radius 3 is 2.62 bits per heavy atom. The molecule has 0 unspecified atom stereocenters. The van der Waals surface area contributed by atoms with Gasteiger partial charge in [0, 0.05) is 12.6 Å². The summed E-state index contributed by atoms with van der Waals surface area (Å²) in [7, 11) is 2.10. The van der Waals surface area contributed by atoms with Crippen molar-refractivity contribution in [2.24, 2.45) is 16.6 Å². The van der Waals surface area contributed by atoms with Crippen molar-refractivity contribution in [1.29, 1.82) is 0 Å². The molecule has 0 atom stereocenters. The molecule has 0 heterocycles. The summed E-state index contributed by atoms with van der Waals surface area (Å²) in [5, 5.41) is 0. The van der Waals surface area contributed by atoms with E-state index in [1.54, 1.807) is 0 Å². The molecule has 5 N–H and O–H groups in total. The molecule has 5 nitrogen and oxygen atoms in total. The Hall–Kier alpha value is -0.810. The summed E-state index contributed by atoms with van der Waals surface area (Å²) >= 11 is 0. The molecular formula is C8H21N5. The smallest absolute Gasteiger partial charge is 0.203 e. The van der Waals surface area contributed by atoms with Crippen LogP contribution in [-0.2, 0) is 0 Å². The van der Waals surface area contributed by atoms with Crippen molar-refractivity contribution in [3.8, 4) is 0 Å². The van der Waals surface area contributed by atoms with E-state index in [1.807, 2.05) is 0 Å². The molecule has 0 aliphatic carbocycles. The number of hydrogen-bond donors (Lipinski definition) is 3. The average Bonchev–Trinajstić information content (AvgIpc) is 2.11. The van der Waals surface area contributed by atoms with E-state index < -0.39 is 0 Å². The zero-order valence-corrected chi connectivity index (χ0v) is 8.75. The molecule has 0 aromatic rings. The maximum Gasteiger partial charge on any atom is 0.203 e. The Bertz CT molecular complexity index is 155. The zero-order valence-electron chi connectivity index (χ0n) is 8.75. The van der Waals surface area contributed by atoms with E-state index >= 15 is 0 Å². The summed E-state index contributed by atoms with van der Waals surface area (Å²) < 4.78 is 0. The van der Waals surface area contributed by atoms with Crippen LogP contribution >= 0.6 is 0 Å². The third kappa shape index (κ3) is 6.36. The van der Waals surface area contributed by atoms with Crippen LogP contribution in [-0.4, -0.2) is 37.0 Å². The van der Waals surface area contributed by atoms with Crippen LogP contribution in [0, 0.1) is 0 Å². The molecule has 5 heteroatoms. The fraction of sp³-hybridized carbons (Fsp3) is 0.875. The maximum absolute atomic E-state index is 5.35. The molecule has 0 aromatic carbocycles. The summed E-state index contributed by atoms with van der Waals surface area (Å²) in [4.78, 5) is 6.27. The Balaban J connectivity index is 3.46. The Morgan fingerprint density at radius 2 is 2.15 bits per heavy atom. The van der Waals surface area contributed by atoms with Gasteiger partial charge < -0.3 is 10.6 Å². The number of guanidine groups is 1. The highest BCUT2D eigenvalue weighted by atomic mass is 15.3. The molecule has 0 bridgehead atoms. The predicted molar refractivity (Wildman–Crippen MR) is 56.2 cm³/mol. The highest BCUT2D eigenvalue weighted by molar-refractivity contribution is 5.76. The highest BCUT2D eigenvalue weighted by Gasteiger charge is 2.00. The number of nitrogens with one attached hydrogen (secondary N) is 1. The van der Waals surface area contributed by atoms with Gasteiger partial charge in [-0.15, -0.1) is 0 Å². The maximum atomic E-state index is 5.35. The minimum Gasteiger partial charge on any atom is -0.369 e. The minimum atomic E-state index is 0.298.